The van der Waals surface area contributed by atoms with E-state index in [1.165, 1.54) is 7.11 Å². The maximum absolute atomic E-state index is 12.5. The van der Waals surface area contributed by atoms with Crippen LogP contribution in [0.5, 0.6) is 0 Å². The summed E-state index contributed by atoms with van der Waals surface area (Å²) in [7, 11) is 1.29. The van der Waals surface area contributed by atoms with Gasteiger partial charge in [0.1, 0.15) is 0 Å². The molecule has 3 rings (SSSR count). The molecule has 1 aliphatic rings. The zero-order valence-corrected chi connectivity index (χ0v) is 16.0. The molecule has 0 saturated carbocycles. The summed E-state index contributed by atoms with van der Waals surface area (Å²) in [6.45, 7) is 0.703. The van der Waals surface area contributed by atoms with Gasteiger partial charge in [0.2, 0.25) is 5.91 Å². The number of amides is 2. The molecule has 1 saturated heterocycles. The second-order valence-electron chi connectivity index (χ2n) is 6.87. The molecule has 1 fully saturated rings. The van der Waals surface area contributed by atoms with Crippen molar-refractivity contribution >= 4 is 17.8 Å². The van der Waals surface area contributed by atoms with E-state index in [0.717, 1.165) is 11.1 Å². The van der Waals surface area contributed by atoms with E-state index in [1.807, 2.05) is 24.3 Å². The van der Waals surface area contributed by atoms with Crippen LogP contribution in [0.3, 0.4) is 0 Å². The van der Waals surface area contributed by atoms with Crippen LogP contribution >= 0.6 is 0 Å². The van der Waals surface area contributed by atoms with Crippen LogP contribution < -0.4 is 10.6 Å². The summed E-state index contributed by atoms with van der Waals surface area (Å²) in [5.74, 6) is -1.54. The summed E-state index contributed by atoms with van der Waals surface area (Å²) in [4.78, 5) is 35.9. The Labute approximate surface area is 168 Å². The molecule has 2 amide bonds. The monoisotopic (exact) mass is 391 g/mol. The van der Waals surface area contributed by atoms with Crippen molar-refractivity contribution in [3.05, 3.63) is 59.7 Å². The fraction of sp³-hybridized carbons (Fsp3) is 0.273. The molecule has 0 spiro atoms. The molecular formula is C22H21N3O4. The van der Waals surface area contributed by atoms with Gasteiger partial charge in [-0.25, -0.2) is 0 Å². The first kappa shape index (κ1) is 20.1. The molecule has 2 atom stereocenters. The van der Waals surface area contributed by atoms with Crippen LogP contribution in [0.2, 0.25) is 0 Å². The average Bonchev–Trinajstić information content (AvgIpc) is 3.11. The minimum atomic E-state index is -0.499. The van der Waals surface area contributed by atoms with Gasteiger partial charge in [0.25, 0.3) is 5.91 Å². The molecule has 29 heavy (non-hydrogen) atoms. The Morgan fingerprint density at radius 1 is 1.14 bits per heavy atom. The number of rotatable bonds is 6. The van der Waals surface area contributed by atoms with E-state index in [1.54, 1.807) is 24.3 Å². The third-order valence-corrected chi connectivity index (χ3v) is 5.08. The molecule has 1 aliphatic heterocycles. The number of carbonyl (C=O) groups is 3. The standard InChI is InChI=1S/C22H21N3O4/c1-29-20(26)10-19-18(13-25-22(19)28)12-24-21(27)17-8-6-16(7-9-17)15-4-2-14(11-23)3-5-15/h2-9,18-19H,10,12-13H2,1H3,(H,24,27)(H,25,28). The molecule has 2 N–H and O–H groups in total. The number of hydrogen-bond acceptors (Lipinski definition) is 5. The lowest BCUT2D eigenvalue weighted by atomic mass is 9.92. The molecule has 0 radical (unpaired) electrons. The fourth-order valence-electron chi connectivity index (χ4n) is 3.33. The summed E-state index contributed by atoms with van der Waals surface area (Å²) in [5.41, 5.74) is 2.99. The van der Waals surface area contributed by atoms with E-state index in [2.05, 4.69) is 21.4 Å². The first-order valence-corrected chi connectivity index (χ1v) is 9.25. The lowest BCUT2D eigenvalue weighted by Gasteiger charge is -2.16. The summed E-state index contributed by atoms with van der Waals surface area (Å²) < 4.78 is 4.64. The SMILES string of the molecule is COC(=O)CC1C(=O)NCC1CNC(=O)c1ccc(-c2ccc(C#N)cc2)cc1. The summed E-state index contributed by atoms with van der Waals surface area (Å²) >= 11 is 0. The van der Waals surface area contributed by atoms with Crippen LogP contribution in [-0.4, -0.2) is 38.0 Å². The Bertz CT molecular complexity index is 946. The highest BCUT2D eigenvalue weighted by molar-refractivity contribution is 5.94. The van der Waals surface area contributed by atoms with Gasteiger partial charge in [0.05, 0.1) is 31.1 Å². The van der Waals surface area contributed by atoms with Crippen LogP contribution in [0.4, 0.5) is 0 Å². The predicted octanol–water partition coefficient (Wildman–Crippen LogP) is 1.88. The smallest absolute Gasteiger partial charge is 0.306 e. The summed E-state index contributed by atoms with van der Waals surface area (Å²) in [6.07, 6.45) is 0.00214. The van der Waals surface area contributed by atoms with Crippen molar-refractivity contribution in [1.82, 2.24) is 10.6 Å². The molecule has 0 aromatic heterocycles. The number of nitrogens with one attached hydrogen (secondary N) is 2. The van der Waals surface area contributed by atoms with Gasteiger partial charge >= 0.3 is 5.97 Å². The molecule has 7 heteroatoms. The van der Waals surface area contributed by atoms with Crippen molar-refractivity contribution < 1.29 is 19.1 Å². The molecule has 2 aromatic rings. The molecule has 7 nitrogen and oxygen atoms in total. The maximum atomic E-state index is 12.5. The van der Waals surface area contributed by atoms with Gasteiger partial charge in [-0.2, -0.15) is 5.26 Å². The minimum absolute atomic E-state index is 0.00214. The second kappa shape index (κ2) is 9.02. The number of nitriles is 1. The zero-order valence-electron chi connectivity index (χ0n) is 16.0. The van der Waals surface area contributed by atoms with Crippen molar-refractivity contribution in [3.8, 4) is 17.2 Å². The van der Waals surface area contributed by atoms with E-state index in [-0.39, 0.29) is 30.7 Å². The Morgan fingerprint density at radius 3 is 2.34 bits per heavy atom. The number of hydrogen-bond donors (Lipinski definition) is 2. The van der Waals surface area contributed by atoms with Crippen molar-refractivity contribution in [2.24, 2.45) is 11.8 Å². The quantitative estimate of drug-likeness (QED) is 0.731. The Kier molecular flexibility index (Phi) is 6.25. The molecule has 148 valence electrons. The molecule has 0 bridgehead atoms. The highest BCUT2D eigenvalue weighted by atomic mass is 16.5. The second-order valence-corrected chi connectivity index (χ2v) is 6.87. The van der Waals surface area contributed by atoms with E-state index < -0.39 is 11.9 Å². The Balaban J connectivity index is 1.60. The highest BCUT2D eigenvalue weighted by Crippen LogP contribution is 2.22. The number of nitrogens with zero attached hydrogens (tertiary/aromatic N) is 1. The van der Waals surface area contributed by atoms with Crippen molar-refractivity contribution in [3.63, 3.8) is 0 Å². The number of esters is 1. The predicted molar refractivity (Wildman–Crippen MR) is 106 cm³/mol. The van der Waals surface area contributed by atoms with Crippen LogP contribution in [0.1, 0.15) is 22.3 Å². The Morgan fingerprint density at radius 2 is 1.76 bits per heavy atom. The van der Waals surface area contributed by atoms with E-state index >= 15 is 0 Å². The van der Waals surface area contributed by atoms with Crippen LogP contribution in [0.25, 0.3) is 11.1 Å². The molecular weight excluding hydrogens is 370 g/mol. The molecule has 1 heterocycles. The fourth-order valence-corrected chi connectivity index (χ4v) is 3.33. The van der Waals surface area contributed by atoms with Gasteiger partial charge < -0.3 is 15.4 Å². The first-order valence-electron chi connectivity index (χ1n) is 9.25. The lowest BCUT2D eigenvalue weighted by molar-refractivity contribution is -0.144. The minimum Gasteiger partial charge on any atom is -0.469 e. The van der Waals surface area contributed by atoms with Gasteiger partial charge in [-0.05, 0) is 35.4 Å². The number of benzene rings is 2. The third-order valence-electron chi connectivity index (χ3n) is 5.08. The van der Waals surface area contributed by atoms with Crippen LogP contribution in [-0.2, 0) is 14.3 Å². The number of methoxy groups -OCH3 is 1. The molecule has 2 unspecified atom stereocenters. The largest absolute Gasteiger partial charge is 0.469 e. The Hall–Kier alpha value is -3.66. The van der Waals surface area contributed by atoms with Gasteiger partial charge in [0, 0.05) is 24.6 Å². The topological polar surface area (TPSA) is 108 Å². The van der Waals surface area contributed by atoms with Crippen molar-refractivity contribution in [2.45, 2.75) is 6.42 Å². The number of carbonyl (C=O) groups excluding carboxylic acids is 3. The van der Waals surface area contributed by atoms with Gasteiger partial charge in [0.15, 0.2) is 0 Å². The average molecular weight is 391 g/mol. The first-order chi connectivity index (χ1) is 14.0. The highest BCUT2D eigenvalue weighted by Gasteiger charge is 2.36. The van der Waals surface area contributed by atoms with E-state index in [9.17, 15) is 14.4 Å². The van der Waals surface area contributed by atoms with Crippen molar-refractivity contribution in [1.29, 1.82) is 5.26 Å². The van der Waals surface area contributed by atoms with E-state index in [4.69, 9.17) is 5.26 Å². The molecule has 0 aliphatic carbocycles. The van der Waals surface area contributed by atoms with Crippen LogP contribution in [0, 0.1) is 23.2 Å². The van der Waals surface area contributed by atoms with Crippen molar-refractivity contribution in [2.75, 3.05) is 20.2 Å². The zero-order chi connectivity index (χ0) is 20.8. The van der Waals surface area contributed by atoms with E-state index in [0.29, 0.717) is 17.7 Å². The van der Waals surface area contributed by atoms with Gasteiger partial charge in [-0.1, -0.05) is 24.3 Å². The van der Waals surface area contributed by atoms with Crippen LogP contribution in [0.15, 0.2) is 48.5 Å². The normalized spacial score (nSPS) is 17.9. The van der Waals surface area contributed by atoms with Gasteiger partial charge in [-0.15, -0.1) is 0 Å². The number of ether oxygens (including phenoxy) is 1. The molecule has 2 aromatic carbocycles. The summed E-state index contributed by atoms with van der Waals surface area (Å²) in [6, 6.07) is 16.4. The maximum Gasteiger partial charge on any atom is 0.306 e. The third kappa shape index (κ3) is 4.79. The summed E-state index contributed by atoms with van der Waals surface area (Å²) in [5, 5.41) is 14.4. The van der Waals surface area contributed by atoms with Gasteiger partial charge in [-0.3, -0.25) is 14.4 Å². The lowest BCUT2D eigenvalue weighted by Crippen LogP contribution is -2.33.